The van der Waals surface area contributed by atoms with Crippen LogP contribution in [0, 0.1) is 23.7 Å². The van der Waals surface area contributed by atoms with Gasteiger partial charge in [-0.15, -0.1) is 0 Å². The molecule has 0 bridgehead atoms. The van der Waals surface area contributed by atoms with Crippen molar-refractivity contribution in [3.63, 3.8) is 0 Å². The van der Waals surface area contributed by atoms with Gasteiger partial charge in [-0.25, -0.2) is 9.13 Å². The molecule has 498 valence electrons. The Balaban J connectivity index is 5.25. The molecule has 0 aromatic rings. The fourth-order valence-electron chi connectivity index (χ4n) is 9.57. The molecule has 0 aliphatic rings. The van der Waals surface area contributed by atoms with Crippen LogP contribution in [0.1, 0.15) is 312 Å². The minimum absolute atomic E-state index is 0.101. The van der Waals surface area contributed by atoms with Crippen molar-refractivity contribution in [2.45, 2.75) is 331 Å². The van der Waals surface area contributed by atoms with E-state index in [9.17, 15) is 43.2 Å². The molecule has 0 spiro atoms. The van der Waals surface area contributed by atoms with Crippen LogP contribution in [0.25, 0.3) is 0 Å². The maximum Gasteiger partial charge on any atom is 0.472 e. The molecule has 3 unspecified atom stereocenters. The third-order valence-electron chi connectivity index (χ3n) is 15.2. The predicted octanol–water partition coefficient (Wildman–Crippen LogP) is 17.8. The highest BCUT2D eigenvalue weighted by Gasteiger charge is 2.30. The van der Waals surface area contributed by atoms with E-state index in [4.69, 9.17) is 37.0 Å². The summed E-state index contributed by atoms with van der Waals surface area (Å²) in [6, 6.07) is 0. The summed E-state index contributed by atoms with van der Waals surface area (Å²) in [7, 11) is -9.89. The van der Waals surface area contributed by atoms with E-state index >= 15 is 0 Å². The van der Waals surface area contributed by atoms with Gasteiger partial charge in [0.1, 0.15) is 19.3 Å². The number of ether oxygens (including phenoxy) is 4. The minimum Gasteiger partial charge on any atom is -0.462 e. The summed E-state index contributed by atoms with van der Waals surface area (Å²) in [4.78, 5) is 72.2. The quantitative estimate of drug-likeness (QED) is 0.0222. The first-order valence-corrected chi connectivity index (χ1v) is 36.7. The van der Waals surface area contributed by atoms with Gasteiger partial charge in [-0.2, -0.15) is 0 Å². The highest BCUT2D eigenvalue weighted by atomic mass is 31.2. The van der Waals surface area contributed by atoms with Crippen molar-refractivity contribution in [3.8, 4) is 0 Å². The van der Waals surface area contributed by atoms with E-state index in [1.807, 2.05) is 0 Å². The standard InChI is InChI=1S/C65H126O17P2/c1-9-58(8)44-36-28-22-24-32-40-48-65(70)82-61(52-76-63(68)46-38-30-23-21-27-35-43-57(6)7)54-80-84(73,74)78-50-59(66)49-77-83(71,72)79-53-60(81-64(69)47-39-31-20-16-12-14-18-26-34-42-56(4)5)51-75-62(67)45-37-29-19-15-11-10-13-17-25-33-41-55(2)3/h55-61,66H,9-54H2,1-8H3,(H,71,72)(H,73,74)/t58?,59-,60-,61-/m1/s1. The molecular formula is C65H126O17P2. The van der Waals surface area contributed by atoms with E-state index in [2.05, 4.69) is 55.4 Å². The molecule has 17 nitrogen and oxygen atoms in total. The zero-order valence-electron chi connectivity index (χ0n) is 54.5. The largest absolute Gasteiger partial charge is 0.472 e. The number of hydrogen-bond acceptors (Lipinski definition) is 15. The molecule has 0 rings (SSSR count). The van der Waals surface area contributed by atoms with Crippen molar-refractivity contribution < 1.29 is 80.2 Å². The van der Waals surface area contributed by atoms with Gasteiger partial charge < -0.3 is 33.8 Å². The van der Waals surface area contributed by atoms with E-state index in [0.29, 0.717) is 31.6 Å². The number of unbranched alkanes of at least 4 members (excludes halogenated alkanes) is 27. The molecule has 6 atom stereocenters. The molecule has 0 fully saturated rings. The summed E-state index contributed by atoms with van der Waals surface area (Å²) in [5.74, 6) is 0.753. The zero-order valence-corrected chi connectivity index (χ0v) is 56.3. The van der Waals surface area contributed by atoms with Gasteiger partial charge in [-0.3, -0.25) is 37.3 Å². The molecule has 0 aromatic carbocycles. The Morgan fingerprint density at radius 3 is 0.845 bits per heavy atom. The van der Waals surface area contributed by atoms with Gasteiger partial charge in [0.15, 0.2) is 12.2 Å². The molecule has 84 heavy (non-hydrogen) atoms. The van der Waals surface area contributed by atoms with Crippen LogP contribution in [-0.2, 0) is 65.4 Å². The van der Waals surface area contributed by atoms with Gasteiger partial charge in [0.2, 0.25) is 0 Å². The number of phosphoric acid groups is 2. The molecule has 0 aliphatic carbocycles. The smallest absolute Gasteiger partial charge is 0.462 e. The number of carbonyl (C=O) groups excluding carboxylic acids is 4. The lowest BCUT2D eigenvalue weighted by Gasteiger charge is -2.21. The van der Waals surface area contributed by atoms with Crippen LogP contribution >= 0.6 is 15.6 Å². The highest BCUT2D eigenvalue weighted by Crippen LogP contribution is 2.45. The highest BCUT2D eigenvalue weighted by molar-refractivity contribution is 7.47. The maximum absolute atomic E-state index is 13.0. The topological polar surface area (TPSA) is 237 Å². The van der Waals surface area contributed by atoms with E-state index in [1.54, 1.807) is 0 Å². The summed E-state index contributed by atoms with van der Waals surface area (Å²) >= 11 is 0. The average molecular weight is 1240 g/mol. The van der Waals surface area contributed by atoms with Crippen molar-refractivity contribution >= 4 is 39.5 Å². The lowest BCUT2D eigenvalue weighted by Crippen LogP contribution is -2.30. The van der Waals surface area contributed by atoms with Crippen molar-refractivity contribution in [1.29, 1.82) is 0 Å². The minimum atomic E-state index is -4.95. The monoisotopic (exact) mass is 1240 g/mol. The van der Waals surface area contributed by atoms with Gasteiger partial charge >= 0.3 is 39.5 Å². The molecule has 0 aromatic heterocycles. The first kappa shape index (κ1) is 82.1. The number of carbonyl (C=O) groups is 4. The molecule has 19 heteroatoms. The lowest BCUT2D eigenvalue weighted by molar-refractivity contribution is -0.161. The van der Waals surface area contributed by atoms with Crippen LogP contribution in [0.2, 0.25) is 0 Å². The van der Waals surface area contributed by atoms with Crippen molar-refractivity contribution in [3.05, 3.63) is 0 Å². The number of aliphatic hydroxyl groups is 1. The molecule has 0 heterocycles. The van der Waals surface area contributed by atoms with E-state index in [0.717, 1.165) is 114 Å². The molecule has 0 saturated carbocycles. The first-order valence-electron chi connectivity index (χ1n) is 33.7. The summed E-state index contributed by atoms with van der Waals surface area (Å²) in [6.45, 7) is 13.9. The summed E-state index contributed by atoms with van der Waals surface area (Å²) in [5, 5.41) is 10.5. The van der Waals surface area contributed by atoms with Gasteiger partial charge in [0, 0.05) is 25.7 Å². The van der Waals surface area contributed by atoms with Crippen molar-refractivity contribution in [2.24, 2.45) is 23.7 Å². The van der Waals surface area contributed by atoms with Crippen molar-refractivity contribution in [2.75, 3.05) is 39.6 Å². The fraction of sp³-hybridized carbons (Fsp3) is 0.938. The van der Waals surface area contributed by atoms with Crippen LogP contribution in [0.3, 0.4) is 0 Å². The van der Waals surface area contributed by atoms with Gasteiger partial charge in [0.05, 0.1) is 26.4 Å². The summed E-state index contributed by atoms with van der Waals surface area (Å²) < 4.78 is 68.0. The van der Waals surface area contributed by atoms with E-state index < -0.39 is 97.5 Å². The molecule has 0 radical (unpaired) electrons. The Labute approximate surface area is 511 Å². The number of rotatable bonds is 62. The Hall–Kier alpha value is -1.94. The average Bonchev–Trinajstić information content (AvgIpc) is 3.49. The van der Waals surface area contributed by atoms with Crippen molar-refractivity contribution in [1.82, 2.24) is 0 Å². The normalized spacial score (nSPS) is 14.7. The number of esters is 4. The Morgan fingerprint density at radius 1 is 0.333 bits per heavy atom. The molecule has 0 amide bonds. The number of hydrogen-bond donors (Lipinski definition) is 3. The molecule has 0 aliphatic heterocycles. The second-order valence-corrected chi connectivity index (χ2v) is 28.1. The SMILES string of the molecule is CCC(C)CCCCCCCCC(=O)O[C@H](COC(=O)CCCCCCCCC(C)C)COP(=O)(O)OC[C@H](O)COP(=O)(O)OC[C@@H](COC(=O)CCCCCCCCCCCCC(C)C)OC(=O)CCCCCCCCCCCC(C)C. The second-order valence-electron chi connectivity index (χ2n) is 25.2. The van der Waals surface area contributed by atoms with Gasteiger partial charge in [-0.05, 0) is 49.4 Å². The van der Waals surface area contributed by atoms with E-state index in [-0.39, 0.29) is 25.7 Å². The number of aliphatic hydroxyl groups excluding tert-OH is 1. The van der Waals surface area contributed by atoms with Crippen LogP contribution in [0.15, 0.2) is 0 Å². The number of phosphoric ester groups is 2. The van der Waals surface area contributed by atoms with Gasteiger partial charge in [-0.1, -0.05) is 261 Å². The molecule has 3 N–H and O–H groups in total. The Bertz CT molecular complexity index is 1680. The summed E-state index contributed by atoms with van der Waals surface area (Å²) in [5.41, 5.74) is 0. The van der Waals surface area contributed by atoms with Gasteiger partial charge in [0.25, 0.3) is 0 Å². The Morgan fingerprint density at radius 2 is 0.571 bits per heavy atom. The first-order chi connectivity index (χ1) is 40.1. The third-order valence-corrected chi connectivity index (χ3v) is 17.1. The predicted molar refractivity (Wildman–Crippen MR) is 335 cm³/mol. The fourth-order valence-corrected chi connectivity index (χ4v) is 11.2. The van der Waals surface area contributed by atoms with Crippen LogP contribution in [-0.4, -0.2) is 96.7 Å². The van der Waals surface area contributed by atoms with Crippen LogP contribution < -0.4 is 0 Å². The maximum atomic E-state index is 13.0. The molecular weight excluding hydrogens is 1110 g/mol. The molecule has 0 saturated heterocycles. The third kappa shape index (κ3) is 57.8. The Kier molecular flexibility index (Phi) is 53.9. The second kappa shape index (κ2) is 55.2. The van der Waals surface area contributed by atoms with Crippen LogP contribution in [0.5, 0.6) is 0 Å². The lowest BCUT2D eigenvalue weighted by atomic mass is 10.00. The van der Waals surface area contributed by atoms with E-state index in [1.165, 1.54) is 109 Å². The van der Waals surface area contributed by atoms with Crippen LogP contribution in [0.4, 0.5) is 0 Å². The zero-order chi connectivity index (χ0) is 62.5. The summed E-state index contributed by atoms with van der Waals surface area (Å²) in [6.07, 6.45) is 35.0.